The lowest BCUT2D eigenvalue weighted by atomic mass is 10.2. The van der Waals surface area contributed by atoms with Crippen LogP contribution in [0.5, 0.6) is 5.75 Å². The van der Waals surface area contributed by atoms with Crippen LogP contribution in [0.2, 0.25) is 10.0 Å². The second-order valence-electron chi connectivity index (χ2n) is 6.14. The van der Waals surface area contributed by atoms with Gasteiger partial charge >= 0.3 is 0 Å². The number of nitrogens with zero attached hydrogens (tertiary/aromatic N) is 1. The molecule has 0 fully saturated rings. The largest absolute Gasteiger partial charge is 0.497 e. The van der Waals surface area contributed by atoms with Gasteiger partial charge in [0, 0.05) is 16.1 Å². The highest BCUT2D eigenvalue weighted by atomic mass is 35.5. The van der Waals surface area contributed by atoms with E-state index >= 15 is 0 Å². The zero-order valence-electron chi connectivity index (χ0n) is 15.8. The third-order valence-corrected chi connectivity index (χ3v) is 6.39. The summed E-state index contributed by atoms with van der Waals surface area (Å²) in [6, 6.07) is 18.6. The minimum absolute atomic E-state index is 0.0593. The molecule has 0 saturated heterocycles. The molecule has 0 atom stereocenters. The van der Waals surface area contributed by atoms with E-state index in [4.69, 9.17) is 27.9 Å². The van der Waals surface area contributed by atoms with Gasteiger partial charge in [-0.1, -0.05) is 35.3 Å². The van der Waals surface area contributed by atoms with E-state index in [1.165, 1.54) is 55.7 Å². The molecule has 3 aromatic carbocycles. The third-order valence-electron chi connectivity index (χ3n) is 4.15. The van der Waals surface area contributed by atoms with Crippen molar-refractivity contribution in [3.8, 4) is 5.75 Å². The molecule has 0 spiro atoms. The SMILES string of the molecule is COc1ccc(N(C(=O)/C=C/c2ccc(Cl)cc2)S(=O)(=O)c2ccc(Cl)cc2)cc1. The second-order valence-corrected chi connectivity index (χ2v) is 8.80. The van der Waals surface area contributed by atoms with Crippen molar-refractivity contribution in [2.45, 2.75) is 4.90 Å². The molecule has 154 valence electrons. The average molecular weight is 462 g/mol. The highest BCUT2D eigenvalue weighted by Gasteiger charge is 2.29. The maximum Gasteiger partial charge on any atom is 0.271 e. The van der Waals surface area contributed by atoms with Crippen LogP contribution in [0.4, 0.5) is 5.69 Å². The maximum absolute atomic E-state index is 13.3. The fourth-order valence-corrected chi connectivity index (χ4v) is 4.26. The third kappa shape index (κ3) is 5.02. The summed E-state index contributed by atoms with van der Waals surface area (Å²) in [4.78, 5) is 12.9. The Hall–Kier alpha value is -2.80. The maximum atomic E-state index is 13.3. The monoisotopic (exact) mass is 461 g/mol. The van der Waals surface area contributed by atoms with Crippen molar-refractivity contribution in [2.75, 3.05) is 11.4 Å². The molecule has 0 N–H and O–H groups in total. The molecule has 5 nitrogen and oxygen atoms in total. The van der Waals surface area contributed by atoms with Gasteiger partial charge in [-0.15, -0.1) is 0 Å². The quantitative estimate of drug-likeness (QED) is 0.458. The van der Waals surface area contributed by atoms with Gasteiger partial charge < -0.3 is 4.74 Å². The molecule has 30 heavy (non-hydrogen) atoms. The molecule has 0 aliphatic rings. The summed E-state index contributed by atoms with van der Waals surface area (Å²) in [7, 11) is -2.69. The molecular formula is C22H17Cl2NO4S. The van der Waals surface area contributed by atoms with E-state index < -0.39 is 15.9 Å². The van der Waals surface area contributed by atoms with Gasteiger partial charge in [0.2, 0.25) is 0 Å². The van der Waals surface area contributed by atoms with Gasteiger partial charge in [0.15, 0.2) is 0 Å². The number of rotatable bonds is 6. The van der Waals surface area contributed by atoms with E-state index in [-0.39, 0.29) is 10.6 Å². The number of hydrogen-bond donors (Lipinski definition) is 0. The molecule has 3 rings (SSSR count). The molecule has 0 bridgehead atoms. The predicted molar refractivity (Wildman–Crippen MR) is 120 cm³/mol. The van der Waals surface area contributed by atoms with E-state index in [2.05, 4.69) is 0 Å². The van der Waals surface area contributed by atoms with Gasteiger partial charge in [0.25, 0.3) is 15.9 Å². The number of methoxy groups -OCH3 is 1. The topological polar surface area (TPSA) is 63.7 Å². The summed E-state index contributed by atoms with van der Waals surface area (Å²) >= 11 is 11.7. The number of carbonyl (C=O) groups excluding carboxylic acids is 1. The van der Waals surface area contributed by atoms with Crippen molar-refractivity contribution in [1.82, 2.24) is 0 Å². The fourth-order valence-electron chi connectivity index (χ4n) is 2.62. The number of ether oxygens (including phenoxy) is 1. The summed E-state index contributed by atoms with van der Waals surface area (Å²) < 4.78 is 32.4. The smallest absolute Gasteiger partial charge is 0.271 e. The first-order valence-corrected chi connectivity index (χ1v) is 10.9. The summed E-state index contributed by atoms with van der Waals surface area (Å²) in [6.45, 7) is 0. The van der Waals surface area contributed by atoms with Crippen molar-refractivity contribution in [1.29, 1.82) is 0 Å². The van der Waals surface area contributed by atoms with Crippen LogP contribution in [-0.2, 0) is 14.8 Å². The molecule has 0 radical (unpaired) electrons. The Balaban J connectivity index is 2.03. The highest BCUT2D eigenvalue weighted by molar-refractivity contribution is 7.93. The zero-order chi connectivity index (χ0) is 21.7. The van der Waals surface area contributed by atoms with Gasteiger partial charge in [-0.05, 0) is 72.3 Å². The summed E-state index contributed by atoms with van der Waals surface area (Å²) in [5.74, 6) is -0.197. The molecule has 0 heterocycles. The van der Waals surface area contributed by atoms with Crippen LogP contribution in [0.3, 0.4) is 0 Å². The average Bonchev–Trinajstić information content (AvgIpc) is 2.74. The van der Waals surface area contributed by atoms with Gasteiger partial charge in [-0.3, -0.25) is 4.79 Å². The Morgan fingerprint density at radius 3 is 1.93 bits per heavy atom. The number of amides is 1. The number of sulfonamides is 1. The van der Waals surface area contributed by atoms with Gasteiger partial charge in [-0.25, -0.2) is 8.42 Å². The van der Waals surface area contributed by atoms with E-state index in [1.54, 1.807) is 36.4 Å². The molecule has 1 amide bonds. The van der Waals surface area contributed by atoms with Crippen LogP contribution < -0.4 is 9.04 Å². The van der Waals surface area contributed by atoms with Crippen molar-refractivity contribution >= 4 is 50.9 Å². The number of carbonyl (C=O) groups is 1. The lowest BCUT2D eigenvalue weighted by Gasteiger charge is -2.21. The van der Waals surface area contributed by atoms with Crippen molar-refractivity contribution in [3.05, 3.63) is 94.5 Å². The molecule has 0 aliphatic heterocycles. The molecule has 8 heteroatoms. The minimum atomic E-state index is -4.19. The molecule has 0 unspecified atom stereocenters. The summed E-state index contributed by atoms with van der Waals surface area (Å²) in [5.41, 5.74) is 0.878. The highest BCUT2D eigenvalue weighted by Crippen LogP contribution is 2.27. The van der Waals surface area contributed by atoms with E-state index in [9.17, 15) is 13.2 Å². The summed E-state index contributed by atoms with van der Waals surface area (Å²) in [6.07, 6.45) is 2.72. The second kappa shape index (κ2) is 9.34. The van der Waals surface area contributed by atoms with E-state index in [0.717, 1.165) is 4.31 Å². The molecular weight excluding hydrogens is 445 g/mol. The Morgan fingerprint density at radius 2 is 1.40 bits per heavy atom. The lowest BCUT2D eigenvalue weighted by molar-refractivity contribution is -0.113. The first-order valence-electron chi connectivity index (χ1n) is 8.74. The molecule has 0 aromatic heterocycles. The van der Waals surface area contributed by atoms with Crippen molar-refractivity contribution in [2.24, 2.45) is 0 Å². The van der Waals surface area contributed by atoms with Crippen LogP contribution in [0.25, 0.3) is 6.08 Å². The zero-order valence-corrected chi connectivity index (χ0v) is 18.2. The first kappa shape index (κ1) is 21.9. The van der Waals surface area contributed by atoms with Crippen molar-refractivity contribution in [3.63, 3.8) is 0 Å². The number of anilines is 1. The van der Waals surface area contributed by atoms with Crippen molar-refractivity contribution < 1.29 is 17.9 Å². The van der Waals surface area contributed by atoms with Gasteiger partial charge in [-0.2, -0.15) is 4.31 Å². The normalized spacial score (nSPS) is 11.4. The molecule has 3 aromatic rings. The van der Waals surface area contributed by atoms with Crippen LogP contribution in [-0.4, -0.2) is 21.4 Å². The van der Waals surface area contributed by atoms with Gasteiger partial charge in [0.1, 0.15) is 5.75 Å². The van der Waals surface area contributed by atoms with Crippen LogP contribution in [0.15, 0.2) is 83.8 Å². The minimum Gasteiger partial charge on any atom is -0.497 e. The number of hydrogen-bond acceptors (Lipinski definition) is 4. The summed E-state index contributed by atoms with van der Waals surface area (Å²) in [5, 5.41) is 0.947. The van der Waals surface area contributed by atoms with E-state index in [0.29, 0.717) is 21.4 Å². The Kier molecular flexibility index (Phi) is 6.82. The Morgan fingerprint density at radius 1 is 0.867 bits per heavy atom. The van der Waals surface area contributed by atoms with E-state index in [1.807, 2.05) is 0 Å². The Bertz CT molecular complexity index is 1160. The van der Waals surface area contributed by atoms with Crippen LogP contribution >= 0.6 is 23.2 Å². The molecule has 0 saturated carbocycles. The predicted octanol–water partition coefficient (Wildman–Crippen LogP) is 5.44. The Labute approximate surface area is 185 Å². The number of benzene rings is 3. The molecule has 0 aliphatic carbocycles. The lowest BCUT2D eigenvalue weighted by Crippen LogP contribution is -2.35. The number of halogens is 2. The van der Waals surface area contributed by atoms with Crippen LogP contribution in [0, 0.1) is 0 Å². The standard InChI is InChI=1S/C22H17Cl2NO4S/c1-29-20-11-9-19(10-12-20)25(30(27,28)21-13-7-18(24)8-14-21)22(26)15-4-16-2-5-17(23)6-3-16/h2-15H,1H3/b15-4+. The first-order chi connectivity index (χ1) is 14.3. The fraction of sp³-hybridized carbons (Fsp3) is 0.0455. The van der Waals surface area contributed by atoms with Gasteiger partial charge in [0.05, 0.1) is 17.7 Å². The van der Waals surface area contributed by atoms with Crippen LogP contribution in [0.1, 0.15) is 5.56 Å².